The fraction of sp³-hybridized carbons (Fsp3) is 0.100. The summed E-state index contributed by atoms with van der Waals surface area (Å²) in [7, 11) is 0. The van der Waals surface area contributed by atoms with Gasteiger partial charge in [0.15, 0.2) is 11.6 Å². The third kappa shape index (κ3) is 2.67. The molecule has 5 heteroatoms. The maximum Gasteiger partial charge on any atom is 0.337 e. The number of aromatic carboxylic acids is 1. The van der Waals surface area contributed by atoms with E-state index in [0.29, 0.717) is 6.07 Å². The normalized spacial score (nSPS) is 9.27. The van der Waals surface area contributed by atoms with Gasteiger partial charge in [-0.1, -0.05) is 11.8 Å². The molecule has 1 aromatic rings. The molecule has 0 spiro atoms. The zero-order chi connectivity index (χ0) is 11.4. The molecule has 0 aromatic heterocycles. The van der Waals surface area contributed by atoms with E-state index in [4.69, 9.17) is 16.7 Å². The van der Waals surface area contributed by atoms with Crippen LogP contribution < -0.4 is 0 Å². The summed E-state index contributed by atoms with van der Waals surface area (Å²) in [5.74, 6) is 0.970. The van der Waals surface area contributed by atoms with Gasteiger partial charge in [-0.3, -0.25) is 0 Å². The van der Waals surface area contributed by atoms with Crippen molar-refractivity contribution in [2.45, 2.75) is 0 Å². The zero-order valence-corrected chi connectivity index (χ0v) is 8.11. The Bertz CT molecular complexity index is 460. The molecule has 0 unspecified atom stereocenters. The van der Waals surface area contributed by atoms with Crippen molar-refractivity contribution >= 4 is 17.6 Å². The van der Waals surface area contributed by atoms with Crippen LogP contribution in [0.1, 0.15) is 15.9 Å². The van der Waals surface area contributed by atoms with Gasteiger partial charge in [-0.25, -0.2) is 13.6 Å². The molecule has 0 saturated carbocycles. The van der Waals surface area contributed by atoms with Gasteiger partial charge in [0.05, 0.1) is 11.4 Å². The Hall–Kier alpha value is -1.60. The largest absolute Gasteiger partial charge is 0.478 e. The fourth-order valence-corrected chi connectivity index (χ4v) is 1.02. The Kier molecular flexibility index (Phi) is 3.64. The second-order valence-corrected chi connectivity index (χ2v) is 2.82. The predicted molar refractivity (Wildman–Crippen MR) is 50.9 cm³/mol. The van der Waals surface area contributed by atoms with Gasteiger partial charge < -0.3 is 5.11 Å². The molecule has 0 amide bonds. The number of alkyl halides is 1. The first-order valence-corrected chi connectivity index (χ1v) is 4.37. The van der Waals surface area contributed by atoms with Gasteiger partial charge in [0.1, 0.15) is 0 Å². The zero-order valence-electron chi connectivity index (χ0n) is 7.35. The van der Waals surface area contributed by atoms with Gasteiger partial charge in [0.2, 0.25) is 0 Å². The van der Waals surface area contributed by atoms with Crippen molar-refractivity contribution in [2.24, 2.45) is 0 Å². The number of carboxylic acid groups (broad SMARTS) is 1. The number of hydrogen-bond acceptors (Lipinski definition) is 1. The minimum Gasteiger partial charge on any atom is -0.478 e. The minimum absolute atomic E-state index is 0.0158. The first kappa shape index (κ1) is 11.5. The highest BCUT2D eigenvalue weighted by Gasteiger charge is 2.13. The predicted octanol–water partition coefficient (Wildman–Crippen LogP) is 2.25. The van der Waals surface area contributed by atoms with E-state index in [2.05, 4.69) is 11.8 Å². The van der Waals surface area contributed by atoms with E-state index in [1.165, 1.54) is 0 Å². The monoisotopic (exact) mass is 230 g/mol. The number of benzene rings is 1. The first-order valence-electron chi connectivity index (χ1n) is 3.83. The smallest absolute Gasteiger partial charge is 0.337 e. The number of carbonyl (C=O) groups is 1. The first-order chi connectivity index (χ1) is 7.06. The molecule has 78 valence electrons. The molecule has 2 nitrogen and oxygen atoms in total. The average Bonchev–Trinajstić information content (AvgIpc) is 2.19. The van der Waals surface area contributed by atoms with E-state index < -0.39 is 17.6 Å². The second-order valence-electron chi connectivity index (χ2n) is 2.55. The van der Waals surface area contributed by atoms with Crippen LogP contribution in [0, 0.1) is 23.5 Å². The van der Waals surface area contributed by atoms with Gasteiger partial charge in [-0.2, -0.15) is 0 Å². The molecule has 0 fully saturated rings. The molecule has 0 radical (unpaired) electrons. The van der Waals surface area contributed by atoms with E-state index in [1.54, 1.807) is 0 Å². The quantitative estimate of drug-likeness (QED) is 0.594. The molecule has 0 aliphatic carbocycles. The van der Waals surface area contributed by atoms with Gasteiger partial charge in [0, 0.05) is 5.56 Å². The van der Waals surface area contributed by atoms with E-state index in [-0.39, 0.29) is 17.0 Å². The van der Waals surface area contributed by atoms with Crippen LogP contribution in [-0.2, 0) is 0 Å². The molecule has 15 heavy (non-hydrogen) atoms. The van der Waals surface area contributed by atoms with Crippen LogP contribution in [0.4, 0.5) is 8.78 Å². The number of rotatable bonds is 1. The summed E-state index contributed by atoms with van der Waals surface area (Å²) in [5, 5.41) is 8.69. The molecular formula is C10H5ClF2O2. The summed E-state index contributed by atoms with van der Waals surface area (Å²) < 4.78 is 25.5. The number of hydrogen-bond donors (Lipinski definition) is 1. The third-order valence-corrected chi connectivity index (χ3v) is 1.71. The van der Waals surface area contributed by atoms with Gasteiger partial charge in [-0.05, 0) is 12.1 Å². The second kappa shape index (κ2) is 4.76. The lowest BCUT2D eigenvalue weighted by atomic mass is 10.1. The Morgan fingerprint density at radius 3 is 2.53 bits per heavy atom. The molecule has 0 aliphatic heterocycles. The van der Waals surface area contributed by atoms with Crippen molar-refractivity contribution in [1.29, 1.82) is 0 Å². The molecule has 1 rings (SSSR count). The summed E-state index contributed by atoms with van der Waals surface area (Å²) in [5.41, 5.74) is -0.478. The molecule has 1 aromatic carbocycles. The van der Waals surface area contributed by atoms with Crippen LogP contribution in [0.5, 0.6) is 0 Å². The summed E-state index contributed by atoms with van der Waals surface area (Å²) in [6.07, 6.45) is 0. The summed E-state index contributed by atoms with van der Waals surface area (Å²) in [6.45, 7) is 0. The van der Waals surface area contributed by atoms with E-state index in [0.717, 1.165) is 6.07 Å². The van der Waals surface area contributed by atoms with Crippen LogP contribution in [0.2, 0.25) is 0 Å². The Morgan fingerprint density at radius 1 is 1.40 bits per heavy atom. The van der Waals surface area contributed by atoms with Crippen molar-refractivity contribution in [3.63, 3.8) is 0 Å². The topological polar surface area (TPSA) is 37.3 Å². The highest BCUT2D eigenvalue weighted by Crippen LogP contribution is 2.14. The van der Waals surface area contributed by atoms with E-state index in [9.17, 15) is 13.6 Å². The number of halogens is 3. The number of carboxylic acids is 1. The highest BCUT2D eigenvalue weighted by molar-refractivity contribution is 6.19. The highest BCUT2D eigenvalue weighted by atomic mass is 35.5. The summed E-state index contributed by atoms with van der Waals surface area (Å²) in [6, 6.07) is 1.33. The van der Waals surface area contributed by atoms with Crippen molar-refractivity contribution in [3.8, 4) is 11.8 Å². The van der Waals surface area contributed by atoms with Crippen LogP contribution in [-0.4, -0.2) is 17.0 Å². The van der Waals surface area contributed by atoms with Gasteiger partial charge in [0.25, 0.3) is 0 Å². The Labute approximate surface area is 89.5 Å². The van der Waals surface area contributed by atoms with Crippen LogP contribution in [0.25, 0.3) is 0 Å². The SMILES string of the molecule is O=C(O)c1cc(F)c(F)cc1C#CCCl. The summed E-state index contributed by atoms with van der Waals surface area (Å²) in [4.78, 5) is 10.7. The van der Waals surface area contributed by atoms with Crippen LogP contribution in [0.3, 0.4) is 0 Å². The van der Waals surface area contributed by atoms with E-state index >= 15 is 0 Å². The molecule has 0 atom stereocenters. The average molecular weight is 231 g/mol. The molecule has 0 saturated heterocycles. The van der Waals surface area contributed by atoms with Crippen molar-refractivity contribution in [1.82, 2.24) is 0 Å². The minimum atomic E-state index is -1.37. The third-order valence-electron chi connectivity index (χ3n) is 1.58. The van der Waals surface area contributed by atoms with Gasteiger partial charge in [-0.15, -0.1) is 11.6 Å². The van der Waals surface area contributed by atoms with E-state index in [1.807, 2.05) is 0 Å². The molecule has 0 aliphatic rings. The van der Waals surface area contributed by atoms with Crippen molar-refractivity contribution in [2.75, 3.05) is 5.88 Å². The lowest BCUT2D eigenvalue weighted by Gasteiger charge is -2.00. The Morgan fingerprint density at radius 2 is 2.00 bits per heavy atom. The lowest BCUT2D eigenvalue weighted by molar-refractivity contribution is 0.0696. The van der Waals surface area contributed by atoms with Crippen LogP contribution in [0.15, 0.2) is 12.1 Å². The lowest BCUT2D eigenvalue weighted by Crippen LogP contribution is -2.02. The van der Waals surface area contributed by atoms with Crippen molar-refractivity contribution < 1.29 is 18.7 Å². The molecule has 1 N–H and O–H groups in total. The summed E-state index contributed by atoms with van der Waals surface area (Å²) >= 11 is 5.27. The molecular weight excluding hydrogens is 226 g/mol. The van der Waals surface area contributed by atoms with Crippen molar-refractivity contribution in [3.05, 3.63) is 34.9 Å². The molecule has 0 heterocycles. The Balaban J connectivity index is 3.34. The van der Waals surface area contributed by atoms with Crippen LogP contribution >= 0.6 is 11.6 Å². The maximum atomic E-state index is 12.8. The van der Waals surface area contributed by atoms with Gasteiger partial charge >= 0.3 is 5.97 Å². The standard InChI is InChI=1S/C10H5ClF2O2/c11-3-1-2-6-4-8(12)9(13)5-7(6)10(14)15/h4-5H,3H2,(H,14,15). The fourth-order valence-electron chi connectivity index (χ4n) is 0.956. The maximum absolute atomic E-state index is 12.8. The molecule has 0 bridgehead atoms.